The van der Waals surface area contributed by atoms with E-state index in [9.17, 15) is 13.2 Å². The first kappa shape index (κ1) is 16.6. The van der Waals surface area contributed by atoms with Crippen LogP contribution in [0.15, 0.2) is 24.3 Å². The minimum atomic E-state index is -3.38. The standard InChI is InChI=1S/C13H19NO5S/c1-18-9-3-8-14-20(16,17)10-11-4-6-12(7-5-11)13(15)19-2/h4-7,14H,3,8-10H2,1-2H3. The van der Waals surface area contributed by atoms with Gasteiger partial charge >= 0.3 is 5.97 Å². The van der Waals surface area contributed by atoms with Gasteiger partial charge in [-0.1, -0.05) is 12.1 Å². The van der Waals surface area contributed by atoms with E-state index in [0.717, 1.165) is 0 Å². The van der Waals surface area contributed by atoms with Crippen molar-refractivity contribution in [3.63, 3.8) is 0 Å². The van der Waals surface area contributed by atoms with Crippen LogP contribution in [0.25, 0.3) is 0 Å². The van der Waals surface area contributed by atoms with Crippen molar-refractivity contribution in [2.75, 3.05) is 27.4 Å². The lowest BCUT2D eigenvalue weighted by Gasteiger charge is -2.07. The highest BCUT2D eigenvalue weighted by Crippen LogP contribution is 2.08. The number of carbonyl (C=O) groups is 1. The second-order valence-electron chi connectivity index (χ2n) is 4.19. The number of esters is 1. The van der Waals surface area contributed by atoms with E-state index in [2.05, 4.69) is 9.46 Å². The molecule has 0 saturated heterocycles. The van der Waals surface area contributed by atoms with Crippen LogP contribution >= 0.6 is 0 Å². The van der Waals surface area contributed by atoms with Crippen LogP contribution in [0.2, 0.25) is 0 Å². The second kappa shape index (κ2) is 7.98. The van der Waals surface area contributed by atoms with Crippen LogP contribution in [0.5, 0.6) is 0 Å². The number of ether oxygens (including phenoxy) is 2. The number of benzene rings is 1. The quantitative estimate of drug-likeness (QED) is 0.570. The predicted molar refractivity (Wildman–Crippen MR) is 74.9 cm³/mol. The molecule has 1 rings (SSSR count). The number of sulfonamides is 1. The Labute approximate surface area is 119 Å². The summed E-state index contributed by atoms with van der Waals surface area (Å²) in [6.45, 7) is 0.854. The first-order valence-corrected chi connectivity index (χ1v) is 7.77. The minimum Gasteiger partial charge on any atom is -0.465 e. The van der Waals surface area contributed by atoms with Crippen LogP contribution in [0.4, 0.5) is 0 Å². The zero-order valence-corrected chi connectivity index (χ0v) is 12.4. The summed E-state index contributed by atoms with van der Waals surface area (Å²) in [6, 6.07) is 6.28. The molecule has 0 heterocycles. The van der Waals surface area contributed by atoms with Gasteiger partial charge in [0.05, 0.1) is 18.4 Å². The Kier molecular flexibility index (Phi) is 6.63. The molecule has 1 aromatic rings. The summed E-state index contributed by atoms with van der Waals surface area (Å²) in [4.78, 5) is 11.2. The molecule has 112 valence electrons. The van der Waals surface area contributed by atoms with Gasteiger partial charge in [-0.15, -0.1) is 0 Å². The third kappa shape index (κ3) is 5.68. The topological polar surface area (TPSA) is 81.7 Å². The van der Waals surface area contributed by atoms with Gasteiger partial charge in [0.25, 0.3) is 0 Å². The molecule has 6 nitrogen and oxygen atoms in total. The molecule has 0 atom stereocenters. The molecule has 0 aliphatic rings. The van der Waals surface area contributed by atoms with Gasteiger partial charge in [0.2, 0.25) is 10.0 Å². The average Bonchev–Trinajstić information content (AvgIpc) is 2.43. The van der Waals surface area contributed by atoms with Crippen LogP contribution in [0, 0.1) is 0 Å². The molecular formula is C13H19NO5S. The van der Waals surface area contributed by atoms with Gasteiger partial charge in [-0.2, -0.15) is 0 Å². The van der Waals surface area contributed by atoms with Gasteiger partial charge in [-0.25, -0.2) is 17.9 Å². The minimum absolute atomic E-state index is 0.124. The summed E-state index contributed by atoms with van der Waals surface area (Å²) in [6.07, 6.45) is 0.622. The summed E-state index contributed by atoms with van der Waals surface area (Å²) in [7, 11) is -0.512. The van der Waals surface area contributed by atoms with Crippen molar-refractivity contribution in [2.24, 2.45) is 0 Å². The van der Waals surface area contributed by atoms with E-state index in [1.165, 1.54) is 7.11 Å². The van der Waals surface area contributed by atoms with E-state index in [0.29, 0.717) is 30.7 Å². The maximum absolute atomic E-state index is 11.8. The fourth-order valence-corrected chi connectivity index (χ4v) is 2.76. The van der Waals surface area contributed by atoms with Crippen molar-refractivity contribution in [1.29, 1.82) is 0 Å². The zero-order chi connectivity index (χ0) is 15.0. The highest BCUT2D eigenvalue weighted by Gasteiger charge is 2.11. The Balaban J connectivity index is 2.57. The van der Waals surface area contributed by atoms with Gasteiger partial charge < -0.3 is 9.47 Å². The fourth-order valence-electron chi connectivity index (χ4n) is 1.57. The van der Waals surface area contributed by atoms with Crippen molar-refractivity contribution in [3.05, 3.63) is 35.4 Å². The van der Waals surface area contributed by atoms with Crippen molar-refractivity contribution < 1.29 is 22.7 Å². The van der Waals surface area contributed by atoms with E-state index in [4.69, 9.17) is 4.74 Å². The van der Waals surface area contributed by atoms with Crippen LogP contribution in [-0.4, -0.2) is 41.8 Å². The smallest absolute Gasteiger partial charge is 0.337 e. The summed E-state index contributed by atoms with van der Waals surface area (Å²) >= 11 is 0. The molecule has 0 saturated carbocycles. The summed E-state index contributed by atoms with van der Waals surface area (Å²) in [5, 5.41) is 0. The largest absolute Gasteiger partial charge is 0.465 e. The molecule has 0 aromatic heterocycles. The first-order valence-electron chi connectivity index (χ1n) is 6.12. The lowest BCUT2D eigenvalue weighted by molar-refractivity contribution is 0.0600. The summed E-state index contributed by atoms with van der Waals surface area (Å²) in [5.74, 6) is -0.571. The molecule has 0 unspecified atom stereocenters. The molecule has 1 aromatic carbocycles. The lowest BCUT2D eigenvalue weighted by Crippen LogP contribution is -2.26. The molecule has 0 radical (unpaired) electrons. The number of hydrogen-bond acceptors (Lipinski definition) is 5. The molecule has 0 fully saturated rings. The molecule has 0 aliphatic carbocycles. The van der Waals surface area contributed by atoms with Crippen molar-refractivity contribution in [1.82, 2.24) is 4.72 Å². The van der Waals surface area contributed by atoms with E-state index in [1.54, 1.807) is 31.4 Å². The number of nitrogens with one attached hydrogen (secondary N) is 1. The Bertz CT molecular complexity index is 524. The van der Waals surface area contributed by atoms with Gasteiger partial charge in [0, 0.05) is 20.3 Å². The van der Waals surface area contributed by atoms with Gasteiger partial charge in [0.1, 0.15) is 0 Å². The van der Waals surface area contributed by atoms with Gasteiger partial charge in [-0.05, 0) is 24.1 Å². The SMILES string of the molecule is COCCCNS(=O)(=O)Cc1ccc(C(=O)OC)cc1. The molecule has 0 aliphatic heterocycles. The lowest BCUT2D eigenvalue weighted by atomic mass is 10.1. The molecular weight excluding hydrogens is 282 g/mol. The normalized spacial score (nSPS) is 11.3. The summed E-state index contributed by atoms with van der Waals surface area (Å²) in [5.41, 5.74) is 0.999. The number of rotatable bonds is 8. The molecule has 20 heavy (non-hydrogen) atoms. The highest BCUT2D eigenvalue weighted by molar-refractivity contribution is 7.88. The Morgan fingerprint density at radius 3 is 2.40 bits per heavy atom. The summed E-state index contributed by atoms with van der Waals surface area (Å²) < 4.78 is 35.5. The third-order valence-corrected chi connectivity index (χ3v) is 3.94. The number of methoxy groups -OCH3 is 2. The van der Waals surface area contributed by atoms with E-state index >= 15 is 0 Å². The third-order valence-electron chi connectivity index (χ3n) is 2.58. The van der Waals surface area contributed by atoms with Crippen molar-refractivity contribution in [3.8, 4) is 0 Å². The highest BCUT2D eigenvalue weighted by atomic mass is 32.2. The van der Waals surface area contributed by atoms with Crippen LogP contribution in [-0.2, 0) is 25.2 Å². The fraction of sp³-hybridized carbons (Fsp3) is 0.462. The van der Waals surface area contributed by atoms with Crippen LogP contribution < -0.4 is 4.72 Å². The van der Waals surface area contributed by atoms with Crippen molar-refractivity contribution in [2.45, 2.75) is 12.2 Å². The van der Waals surface area contributed by atoms with Crippen LogP contribution in [0.1, 0.15) is 22.3 Å². The van der Waals surface area contributed by atoms with Gasteiger partial charge in [0.15, 0.2) is 0 Å². The maximum atomic E-state index is 11.8. The Hall–Kier alpha value is -1.44. The van der Waals surface area contributed by atoms with E-state index in [-0.39, 0.29) is 5.75 Å². The second-order valence-corrected chi connectivity index (χ2v) is 6.00. The molecule has 0 spiro atoms. The monoisotopic (exact) mass is 301 g/mol. The number of hydrogen-bond donors (Lipinski definition) is 1. The Morgan fingerprint density at radius 1 is 1.20 bits per heavy atom. The molecule has 0 bridgehead atoms. The first-order chi connectivity index (χ1) is 9.48. The number of carbonyl (C=O) groups excluding carboxylic acids is 1. The van der Waals surface area contributed by atoms with E-state index in [1.807, 2.05) is 0 Å². The van der Waals surface area contributed by atoms with Crippen molar-refractivity contribution >= 4 is 16.0 Å². The zero-order valence-electron chi connectivity index (χ0n) is 11.6. The molecule has 1 N–H and O–H groups in total. The van der Waals surface area contributed by atoms with E-state index < -0.39 is 16.0 Å². The molecule has 7 heteroatoms. The Morgan fingerprint density at radius 2 is 1.85 bits per heavy atom. The maximum Gasteiger partial charge on any atom is 0.337 e. The van der Waals surface area contributed by atoms with Gasteiger partial charge in [-0.3, -0.25) is 0 Å². The van der Waals surface area contributed by atoms with Crippen LogP contribution in [0.3, 0.4) is 0 Å². The average molecular weight is 301 g/mol. The molecule has 0 amide bonds. The predicted octanol–water partition coefficient (Wildman–Crippen LogP) is 0.929.